The van der Waals surface area contributed by atoms with Gasteiger partial charge in [-0.3, -0.25) is 9.69 Å². The Balaban J connectivity index is 0.00000312. The molecular formula is C19H39Cl2N3O2. The van der Waals surface area contributed by atoms with Gasteiger partial charge in [-0.1, -0.05) is 6.92 Å². The Hall–Kier alpha value is -0.0700. The molecule has 0 aromatic rings. The minimum atomic E-state index is -0.0441. The van der Waals surface area contributed by atoms with E-state index >= 15 is 0 Å². The molecule has 2 heterocycles. The van der Waals surface area contributed by atoms with Crippen LogP contribution in [0.3, 0.4) is 0 Å². The maximum atomic E-state index is 12.4. The van der Waals surface area contributed by atoms with Crippen LogP contribution in [0, 0.1) is 11.8 Å². The molecule has 5 nitrogen and oxygen atoms in total. The molecule has 2 N–H and O–H groups in total. The molecule has 2 aliphatic rings. The molecule has 4 unspecified atom stereocenters. The van der Waals surface area contributed by atoms with Gasteiger partial charge in [0.05, 0.1) is 12.2 Å². The first-order chi connectivity index (χ1) is 11.3. The molecule has 0 bridgehead atoms. The number of ether oxygens (including phenoxy) is 1. The maximum absolute atomic E-state index is 12.4. The van der Waals surface area contributed by atoms with E-state index < -0.39 is 0 Å². The zero-order valence-electron chi connectivity index (χ0n) is 17.0. The molecule has 2 fully saturated rings. The Kier molecular flexibility index (Phi) is 11.7. The van der Waals surface area contributed by atoms with Crippen LogP contribution in [0.4, 0.5) is 0 Å². The van der Waals surface area contributed by atoms with Gasteiger partial charge in [-0.25, -0.2) is 0 Å². The van der Waals surface area contributed by atoms with E-state index in [2.05, 4.69) is 50.2 Å². The van der Waals surface area contributed by atoms with Gasteiger partial charge in [0.15, 0.2) is 0 Å². The average molecular weight is 412 g/mol. The molecule has 156 valence electrons. The fraction of sp³-hybridized carbons (Fsp3) is 0.947. The van der Waals surface area contributed by atoms with Crippen LogP contribution in [0.1, 0.15) is 53.9 Å². The van der Waals surface area contributed by atoms with E-state index in [1.54, 1.807) is 0 Å². The van der Waals surface area contributed by atoms with Crippen molar-refractivity contribution in [3.05, 3.63) is 0 Å². The number of morpholine rings is 1. The summed E-state index contributed by atoms with van der Waals surface area (Å²) in [4.78, 5) is 14.8. The predicted molar refractivity (Wildman–Crippen MR) is 113 cm³/mol. The molecule has 2 aliphatic heterocycles. The zero-order chi connectivity index (χ0) is 17.7. The smallest absolute Gasteiger partial charge is 0.220 e. The SMILES string of the molecule is CC1CN(C(C)(C)CNC(=O)CC(C)C2CCCNC2)CC(C)O1.Cl.Cl. The second-order valence-electron chi connectivity index (χ2n) is 8.54. The molecule has 2 rings (SSSR count). The number of carbonyl (C=O) groups excluding carboxylic acids is 1. The van der Waals surface area contributed by atoms with Crippen molar-refractivity contribution in [3.63, 3.8) is 0 Å². The largest absolute Gasteiger partial charge is 0.373 e. The van der Waals surface area contributed by atoms with Crippen molar-refractivity contribution in [1.82, 2.24) is 15.5 Å². The standard InChI is InChI=1S/C19H37N3O2.2ClH/c1-14(17-7-6-8-20-10-17)9-18(23)21-13-19(4,5)22-11-15(2)24-16(3)12-22;;/h14-17,20H,6-13H2,1-5H3,(H,21,23);2*1H. The van der Waals surface area contributed by atoms with Gasteiger partial charge in [-0.15, -0.1) is 24.8 Å². The Bertz CT molecular complexity index is 408. The first-order valence-corrected chi connectivity index (χ1v) is 9.66. The number of carbonyl (C=O) groups is 1. The van der Waals surface area contributed by atoms with Crippen molar-refractivity contribution < 1.29 is 9.53 Å². The van der Waals surface area contributed by atoms with Crippen molar-refractivity contribution in [3.8, 4) is 0 Å². The topological polar surface area (TPSA) is 53.6 Å². The van der Waals surface area contributed by atoms with Crippen LogP contribution in [0.2, 0.25) is 0 Å². The zero-order valence-corrected chi connectivity index (χ0v) is 18.7. The van der Waals surface area contributed by atoms with Crippen molar-refractivity contribution >= 4 is 30.7 Å². The second-order valence-corrected chi connectivity index (χ2v) is 8.54. The lowest BCUT2D eigenvalue weighted by molar-refractivity contribution is -0.124. The molecular weight excluding hydrogens is 373 g/mol. The highest BCUT2D eigenvalue weighted by atomic mass is 35.5. The second kappa shape index (κ2) is 11.7. The molecule has 0 saturated carbocycles. The number of piperidine rings is 1. The highest BCUT2D eigenvalue weighted by Crippen LogP contribution is 2.23. The number of hydrogen-bond donors (Lipinski definition) is 2. The Morgan fingerprint density at radius 2 is 1.88 bits per heavy atom. The summed E-state index contributed by atoms with van der Waals surface area (Å²) in [6.07, 6.45) is 3.62. The summed E-state index contributed by atoms with van der Waals surface area (Å²) in [7, 11) is 0. The fourth-order valence-corrected chi connectivity index (χ4v) is 3.99. The van der Waals surface area contributed by atoms with E-state index in [0.717, 1.165) is 26.2 Å². The molecule has 0 spiro atoms. The van der Waals surface area contributed by atoms with Gasteiger partial charge in [-0.05, 0) is 65.5 Å². The fourth-order valence-electron chi connectivity index (χ4n) is 3.99. The molecule has 4 atom stereocenters. The van der Waals surface area contributed by atoms with Crippen LogP contribution in [-0.2, 0) is 9.53 Å². The van der Waals surface area contributed by atoms with Gasteiger partial charge in [0.2, 0.25) is 5.91 Å². The predicted octanol–water partition coefficient (Wildman–Crippen LogP) is 2.86. The third kappa shape index (κ3) is 7.89. The van der Waals surface area contributed by atoms with Gasteiger partial charge >= 0.3 is 0 Å². The first kappa shape index (κ1) is 25.9. The highest BCUT2D eigenvalue weighted by molar-refractivity contribution is 5.85. The summed E-state index contributed by atoms with van der Waals surface area (Å²) < 4.78 is 5.82. The number of nitrogens with zero attached hydrogens (tertiary/aromatic N) is 1. The van der Waals surface area contributed by atoms with Gasteiger partial charge in [-0.2, -0.15) is 0 Å². The lowest BCUT2D eigenvalue weighted by Gasteiger charge is -2.45. The number of halogens is 2. The van der Waals surface area contributed by atoms with Crippen LogP contribution in [0.15, 0.2) is 0 Å². The minimum Gasteiger partial charge on any atom is -0.373 e. The van der Waals surface area contributed by atoms with E-state index in [-0.39, 0.29) is 48.5 Å². The summed E-state index contributed by atoms with van der Waals surface area (Å²) in [6, 6.07) is 0. The van der Waals surface area contributed by atoms with Gasteiger partial charge in [0.25, 0.3) is 0 Å². The molecule has 7 heteroatoms. The van der Waals surface area contributed by atoms with Crippen molar-refractivity contribution in [1.29, 1.82) is 0 Å². The van der Waals surface area contributed by atoms with Crippen LogP contribution >= 0.6 is 24.8 Å². The van der Waals surface area contributed by atoms with Crippen LogP contribution < -0.4 is 10.6 Å². The Morgan fingerprint density at radius 3 is 2.42 bits per heavy atom. The molecule has 0 aromatic heterocycles. The third-order valence-corrected chi connectivity index (χ3v) is 5.64. The minimum absolute atomic E-state index is 0. The molecule has 26 heavy (non-hydrogen) atoms. The summed E-state index contributed by atoms with van der Waals surface area (Å²) in [5.74, 6) is 1.28. The Labute approximate surface area is 172 Å². The third-order valence-electron chi connectivity index (χ3n) is 5.64. The molecule has 0 aliphatic carbocycles. The monoisotopic (exact) mass is 411 g/mol. The van der Waals surface area contributed by atoms with Gasteiger partial charge < -0.3 is 15.4 Å². The van der Waals surface area contributed by atoms with E-state index in [9.17, 15) is 4.79 Å². The van der Waals surface area contributed by atoms with E-state index in [0.29, 0.717) is 24.8 Å². The highest BCUT2D eigenvalue weighted by Gasteiger charge is 2.33. The molecule has 0 aromatic carbocycles. The van der Waals surface area contributed by atoms with E-state index in [1.165, 1.54) is 12.8 Å². The molecule has 2 saturated heterocycles. The number of nitrogens with one attached hydrogen (secondary N) is 2. The normalized spacial score (nSPS) is 28.4. The quantitative estimate of drug-likeness (QED) is 0.705. The summed E-state index contributed by atoms with van der Waals surface area (Å²) in [6.45, 7) is 15.6. The molecule has 1 amide bonds. The average Bonchev–Trinajstić information content (AvgIpc) is 2.53. The lowest BCUT2D eigenvalue weighted by atomic mass is 9.85. The van der Waals surface area contributed by atoms with Crippen molar-refractivity contribution in [2.45, 2.75) is 71.6 Å². The van der Waals surface area contributed by atoms with E-state index in [4.69, 9.17) is 4.74 Å². The van der Waals surface area contributed by atoms with Gasteiger partial charge in [0, 0.05) is 31.6 Å². The maximum Gasteiger partial charge on any atom is 0.220 e. The Morgan fingerprint density at radius 1 is 1.27 bits per heavy atom. The summed E-state index contributed by atoms with van der Waals surface area (Å²) in [5.41, 5.74) is -0.0441. The summed E-state index contributed by atoms with van der Waals surface area (Å²) >= 11 is 0. The van der Waals surface area contributed by atoms with Crippen molar-refractivity contribution in [2.24, 2.45) is 11.8 Å². The lowest BCUT2D eigenvalue weighted by Crippen LogP contribution is -2.58. The molecule has 0 radical (unpaired) electrons. The van der Waals surface area contributed by atoms with Gasteiger partial charge in [0.1, 0.15) is 0 Å². The van der Waals surface area contributed by atoms with E-state index in [1.807, 2.05) is 0 Å². The van der Waals surface area contributed by atoms with Crippen LogP contribution in [-0.4, -0.2) is 61.3 Å². The summed E-state index contributed by atoms with van der Waals surface area (Å²) in [5, 5.41) is 6.62. The number of amides is 1. The first-order valence-electron chi connectivity index (χ1n) is 9.66. The van der Waals surface area contributed by atoms with Crippen LogP contribution in [0.5, 0.6) is 0 Å². The number of rotatable bonds is 6. The van der Waals surface area contributed by atoms with Crippen LogP contribution in [0.25, 0.3) is 0 Å². The number of hydrogen-bond acceptors (Lipinski definition) is 4. The van der Waals surface area contributed by atoms with Crippen molar-refractivity contribution in [2.75, 3.05) is 32.7 Å².